The van der Waals surface area contributed by atoms with Gasteiger partial charge in [0.05, 0.1) is 0 Å². The molecular formula is C8H6F3IN2O2. The van der Waals surface area contributed by atoms with Crippen molar-refractivity contribution >= 4 is 28.9 Å². The van der Waals surface area contributed by atoms with E-state index in [1.165, 1.54) is 0 Å². The highest BCUT2D eigenvalue weighted by atomic mass is 127. The molecule has 0 atom stereocenters. The van der Waals surface area contributed by atoms with Crippen molar-refractivity contribution in [3.8, 4) is 5.75 Å². The topological polar surface area (TPSA) is 65.2 Å². The second-order valence-corrected chi connectivity index (χ2v) is 3.72. The number of alkyl halides is 3. The maximum Gasteiger partial charge on any atom is 0.573 e. The van der Waals surface area contributed by atoms with E-state index in [0.29, 0.717) is 6.29 Å². The summed E-state index contributed by atoms with van der Waals surface area (Å²) in [6.07, 6.45) is -4.38. The van der Waals surface area contributed by atoms with Gasteiger partial charge >= 0.3 is 6.36 Å². The van der Waals surface area contributed by atoms with Gasteiger partial charge in [0.25, 0.3) is 0 Å². The summed E-state index contributed by atoms with van der Waals surface area (Å²) in [6.45, 7) is -0.176. The van der Waals surface area contributed by atoms with Gasteiger partial charge in [0, 0.05) is 12.1 Å². The third-order valence-corrected chi connectivity index (χ3v) is 2.32. The summed E-state index contributed by atoms with van der Waals surface area (Å²) in [7, 11) is 0. The third-order valence-electron chi connectivity index (χ3n) is 1.59. The molecule has 1 heterocycles. The molecule has 88 valence electrons. The van der Waals surface area contributed by atoms with Crippen LogP contribution in [-0.4, -0.2) is 17.6 Å². The minimum absolute atomic E-state index is 0.0133. The van der Waals surface area contributed by atoms with Crippen LogP contribution in [0.3, 0.4) is 0 Å². The minimum atomic E-state index is -4.81. The first-order valence-electron chi connectivity index (χ1n) is 3.97. The van der Waals surface area contributed by atoms with Gasteiger partial charge in [-0.2, -0.15) is 0 Å². The van der Waals surface area contributed by atoms with E-state index < -0.39 is 12.1 Å². The fourth-order valence-corrected chi connectivity index (χ4v) is 1.74. The number of nitrogens with two attached hydrogens (primary N) is 1. The zero-order valence-electron chi connectivity index (χ0n) is 7.71. The van der Waals surface area contributed by atoms with Crippen LogP contribution in [-0.2, 0) is 6.54 Å². The Labute approximate surface area is 102 Å². The Kier molecular flexibility index (Phi) is 4.08. The highest BCUT2D eigenvalue weighted by Gasteiger charge is 2.33. The molecule has 2 N–H and O–H groups in total. The van der Waals surface area contributed by atoms with E-state index in [4.69, 9.17) is 5.73 Å². The maximum atomic E-state index is 12.1. The number of hydrogen-bond donors (Lipinski definition) is 1. The molecule has 1 aromatic heterocycles. The van der Waals surface area contributed by atoms with Gasteiger partial charge < -0.3 is 10.5 Å². The lowest BCUT2D eigenvalue weighted by molar-refractivity contribution is -0.275. The Morgan fingerprint density at radius 2 is 2.19 bits per heavy atom. The molecule has 0 aliphatic carbocycles. The predicted octanol–water partition coefficient (Wildman–Crippen LogP) is 1.86. The Balaban J connectivity index is 3.21. The molecule has 0 amide bonds. The lowest BCUT2D eigenvalue weighted by Gasteiger charge is -2.13. The Hall–Kier alpha value is -0.900. The first-order valence-corrected chi connectivity index (χ1v) is 5.05. The van der Waals surface area contributed by atoms with Gasteiger partial charge in [0.2, 0.25) is 0 Å². The molecule has 0 unspecified atom stereocenters. The quantitative estimate of drug-likeness (QED) is 0.516. The fourth-order valence-electron chi connectivity index (χ4n) is 1.01. The number of pyridine rings is 1. The molecule has 0 bridgehead atoms. The standard InChI is InChI=1S/C8H6F3IN2O2/c9-8(10,11)16-6-4(2-13)1-5(3-15)14-7(6)12/h1,3H,2,13H2. The number of aldehydes is 1. The summed E-state index contributed by atoms with van der Waals surface area (Å²) >= 11 is 1.55. The van der Waals surface area contributed by atoms with Crippen LogP contribution in [0.4, 0.5) is 13.2 Å². The van der Waals surface area contributed by atoms with E-state index in [2.05, 4.69) is 9.72 Å². The van der Waals surface area contributed by atoms with Crippen molar-refractivity contribution in [2.24, 2.45) is 5.73 Å². The number of nitrogens with zero attached hydrogens (tertiary/aromatic N) is 1. The fraction of sp³-hybridized carbons (Fsp3) is 0.250. The molecule has 4 nitrogen and oxygen atoms in total. The SMILES string of the molecule is NCc1cc(C=O)nc(I)c1OC(F)(F)F. The van der Waals surface area contributed by atoms with Crippen molar-refractivity contribution < 1.29 is 22.7 Å². The number of hydrogen-bond acceptors (Lipinski definition) is 4. The van der Waals surface area contributed by atoms with Crippen molar-refractivity contribution in [3.05, 3.63) is 21.0 Å². The average Bonchev–Trinajstić information content (AvgIpc) is 2.19. The van der Waals surface area contributed by atoms with Crippen molar-refractivity contribution in [2.45, 2.75) is 12.9 Å². The molecule has 8 heteroatoms. The normalized spacial score (nSPS) is 11.3. The lowest BCUT2D eigenvalue weighted by atomic mass is 10.2. The third kappa shape index (κ3) is 3.30. The number of carbonyl (C=O) groups excluding carboxylic acids is 1. The Bertz CT molecular complexity index is 409. The number of halogens is 4. The van der Waals surface area contributed by atoms with E-state index in [9.17, 15) is 18.0 Å². The van der Waals surface area contributed by atoms with Crippen molar-refractivity contribution in [1.29, 1.82) is 0 Å². The van der Waals surface area contributed by atoms with Crippen LogP contribution in [0.5, 0.6) is 5.75 Å². The number of aromatic nitrogens is 1. The predicted molar refractivity (Wildman–Crippen MR) is 56.9 cm³/mol. The number of rotatable bonds is 3. The summed E-state index contributed by atoms with van der Waals surface area (Å²) in [6, 6.07) is 1.16. The Morgan fingerprint density at radius 3 is 2.62 bits per heavy atom. The second kappa shape index (κ2) is 4.95. The largest absolute Gasteiger partial charge is 0.573 e. The summed E-state index contributed by atoms with van der Waals surface area (Å²) < 4.78 is 39.9. The maximum absolute atomic E-state index is 12.1. The second-order valence-electron chi connectivity index (χ2n) is 2.70. The van der Waals surface area contributed by atoms with Crippen molar-refractivity contribution in [2.75, 3.05) is 0 Å². The van der Waals surface area contributed by atoms with E-state index in [1.54, 1.807) is 22.6 Å². The molecule has 1 aromatic rings. The van der Waals surface area contributed by atoms with Crippen LogP contribution >= 0.6 is 22.6 Å². The van der Waals surface area contributed by atoms with Gasteiger partial charge in [0.15, 0.2) is 12.0 Å². The van der Waals surface area contributed by atoms with Gasteiger partial charge in [-0.05, 0) is 28.7 Å². The van der Waals surface area contributed by atoms with Gasteiger partial charge in [-0.3, -0.25) is 4.79 Å². The van der Waals surface area contributed by atoms with Crippen LogP contribution in [0.1, 0.15) is 16.1 Å². The lowest BCUT2D eigenvalue weighted by Crippen LogP contribution is -2.20. The van der Waals surface area contributed by atoms with Crippen LogP contribution < -0.4 is 10.5 Å². The molecule has 0 fully saturated rings. The molecule has 0 aromatic carbocycles. The zero-order valence-corrected chi connectivity index (χ0v) is 9.87. The van der Waals surface area contributed by atoms with Gasteiger partial charge in [-0.15, -0.1) is 13.2 Å². The van der Waals surface area contributed by atoms with E-state index >= 15 is 0 Å². The monoisotopic (exact) mass is 346 g/mol. The van der Waals surface area contributed by atoms with Gasteiger partial charge in [-0.25, -0.2) is 4.98 Å². The van der Waals surface area contributed by atoms with E-state index in [1.807, 2.05) is 0 Å². The Morgan fingerprint density at radius 1 is 1.56 bits per heavy atom. The highest BCUT2D eigenvalue weighted by Crippen LogP contribution is 2.30. The molecule has 0 aliphatic heterocycles. The van der Waals surface area contributed by atoms with Crippen LogP contribution in [0, 0.1) is 3.70 Å². The van der Waals surface area contributed by atoms with Crippen LogP contribution in [0.15, 0.2) is 6.07 Å². The molecule has 0 spiro atoms. The van der Waals surface area contributed by atoms with E-state index in [0.717, 1.165) is 6.07 Å². The molecule has 0 aliphatic rings. The van der Waals surface area contributed by atoms with Crippen molar-refractivity contribution in [3.63, 3.8) is 0 Å². The average molecular weight is 346 g/mol. The molecule has 0 saturated carbocycles. The van der Waals surface area contributed by atoms with E-state index in [-0.39, 0.29) is 21.5 Å². The van der Waals surface area contributed by atoms with Gasteiger partial charge in [-0.1, -0.05) is 0 Å². The van der Waals surface area contributed by atoms with Crippen molar-refractivity contribution in [1.82, 2.24) is 4.98 Å². The molecule has 0 radical (unpaired) electrons. The summed E-state index contributed by atoms with van der Waals surface area (Å²) in [5, 5.41) is 0. The highest BCUT2D eigenvalue weighted by molar-refractivity contribution is 14.1. The summed E-state index contributed by atoms with van der Waals surface area (Å²) in [4.78, 5) is 14.1. The smallest absolute Gasteiger partial charge is 0.403 e. The molecule has 16 heavy (non-hydrogen) atoms. The van der Waals surface area contributed by atoms with Gasteiger partial charge in [0.1, 0.15) is 9.39 Å². The molecule has 0 saturated heterocycles. The van der Waals surface area contributed by atoms with Crippen LogP contribution in [0.2, 0.25) is 0 Å². The molecule has 1 rings (SSSR count). The summed E-state index contributed by atoms with van der Waals surface area (Å²) in [5.41, 5.74) is 5.36. The first-order chi connectivity index (χ1) is 7.37. The number of ether oxygens (including phenoxy) is 1. The van der Waals surface area contributed by atoms with Crippen LogP contribution in [0.25, 0.3) is 0 Å². The summed E-state index contributed by atoms with van der Waals surface area (Å²) in [5.74, 6) is -0.457. The number of carbonyl (C=O) groups is 1. The molecular weight excluding hydrogens is 340 g/mol. The zero-order chi connectivity index (χ0) is 12.3. The first kappa shape index (κ1) is 13.2. The minimum Gasteiger partial charge on any atom is -0.403 e.